The van der Waals surface area contributed by atoms with Gasteiger partial charge in [0, 0.05) is 19.3 Å². The van der Waals surface area contributed by atoms with E-state index in [1.807, 2.05) is 0 Å². The van der Waals surface area contributed by atoms with Crippen molar-refractivity contribution < 1.29 is 28.6 Å². The molecule has 0 aliphatic heterocycles. The summed E-state index contributed by atoms with van der Waals surface area (Å²) in [6, 6.07) is 0. The van der Waals surface area contributed by atoms with Crippen LogP contribution < -0.4 is 0 Å². The molecule has 0 heterocycles. The molecule has 0 saturated carbocycles. The van der Waals surface area contributed by atoms with Crippen molar-refractivity contribution in [1.29, 1.82) is 0 Å². The minimum absolute atomic E-state index is 0.0970. The van der Waals surface area contributed by atoms with E-state index < -0.39 is 6.10 Å². The first-order valence-electron chi connectivity index (χ1n) is 27.1. The van der Waals surface area contributed by atoms with Crippen LogP contribution in [0, 0.1) is 0 Å². The van der Waals surface area contributed by atoms with Crippen LogP contribution in [0.3, 0.4) is 0 Å². The molecular weight excluding hydrogens is 805 g/mol. The predicted molar refractivity (Wildman–Crippen MR) is 279 cm³/mol. The Bertz CT molecular complexity index is 1270. The highest BCUT2D eigenvalue weighted by Gasteiger charge is 2.19. The van der Waals surface area contributed by atoms with Crippen LogP contribution in [0.5, 0.6) is 0 Å². The monoisotopic (exact) mass is 905 g/mol. The highest BCUT2D eigenvalue weighted by atomic mass is 16.6. The Morgan fingerprint density at radius 2 is 0.600 bits per heavy atom. The zero-order valence-electron chi connectivity index (χ0n) is 42.5. The molecule has 0 radical (unpaired) electrons. The molecule has 0 aromatic heterocycles. The summed E-state index contributed by atoms with van der Waals surface area (Å²) in [4.78, 5) is 38.0. The summed E-state index contributed by atoms with van der Waals surface area (Å²) in [5.74, 6) is -0.945. The molecule has 0 aromatic rings. The molecule has 0 aromatic carbocycles. The van der Waals surface area contributed by atoms with E-state index in [1.54, 1.807) is 0 Å². The lowest BCUT2D eigenvalue weighted by atomic mass is 10.1. The van der Waals surface area contributed by atoms with Gasteiger partial charge in [0.2, 0.25) is 0 Å². The van der Waals surface area contributed by atoms with Gasteiger partial charge in [-0.1, -0.05) is 202 Å². The number of carbonyl (C=O) groups is 3. The van der Waals surface area contributed by atoms with E-state index in [0.717, 1.165) is 109 Å². The molecule has 0 aliphatic rings. The first kappa shape index (κ1) is 61.6. The molecule has 0 N–H and O–H groups in total. The maximum Gasteiger partial charge on any atom is 0.306 e. The molecule has 6 nitrogen and oxygen atoms in total. The smallest absolute Gasteiger partial charge is 0.306 e. The van der Waals surface area contributed by atoms with Crippen LogP contribution in [0.4, 0.5) is 0 Å². The standard InChI is InChI=1S/C59H100O6/c1-4-7-10-13-16-19-22-25-27-28-29-30-32-35-38-41-44-47-50-53-59(62)65-56(54-63-57(60)51-48-45-42-39-36-33-24-21-18-15-12-9-6-3)55-64-58(61)52-49-46-43-40-37-34-31-26-23-20-17-14-11-8-5-2/h7,10,16,19,21,24-27,29-31,35,38,56H,4-6,8-9,11-15,17-18,20,22-23,28,32-34,36-37,39-55H2,1-3H3/b10-7-,19-16-,24-21-,27-25-,30-29-,31-26-,38-35-/t56-/m0/s1. The Hall–Kier alpha value is -3.41. The van der Waals surface area contributed by atoms with E-state index in [2.05, 4.69) is 106 Å². The molecule has 0 aliphatic carbocycles. The molecule has 0 bridgehead atoms. The van der Waals surface area contributed by atoms with Crippen molar-refractivity contribution in [3.05, 3.63) is 85.1 Å². The lowest BCUT2D eigenvalue weighted by Crippen LogP contribution is -2.30. The maximum atomic E-state index is 12.8. The number of unbranched alkanes of at least 4 members (excludes halogenated alkanes) is 23. The maximum absolute atomic E-state index is 12.8. The van der Waals surface area contributed by atoms with Gasteiger partial charge >= 0.3 is 17.9 Å². The third-order valence-corrected chi connectivity index (χ3v) is 11.4. The molecule has 0 saturated heterocycles. The Morgan fingerprint density at radius 3 is 0.985 bits per heavy atom. The highest BCUT2D eigenvalue weighted by Crippen LogP contribution is 2.13. The topological polar surface area (TPSA) is 78.9 Å². The molecule has 0 spiro atoms. The number of carbonyl (C=O) groups excluding carboxylic acids is 3. The van der Waals surface area contributed by atoms with Crippen molar-refractivity contribution in [2.45, 2.75) is 258 Å². The first-order chi connectivity index (χ1) is 32.0. The molecule has 0 rings (SSSR count). The number of esters is 3. The lowest BCUT2D eigenvalue weighted by molar-refractivity contribution is -0.167. The zero-order chi connectivity index (χ0) is 47.2. The van der Waals surface area contributed by atoms with E-state index in [0.29, 0.717) is 12.8 Å². The summed E-state index contributed by atoms with van der Waals surface area (Å²) in [6.45, 7) is 6.46. The van der Waals surface area contributed by atoms with E-state index in [1.165, 1.54) is 103 Å². The Labute approximate surface area is 401 Å². The van der Waals surface area contributed by atoms with Gasteiger partial charge in [0.25, 0.3) is 0 Å². The second-order valence-corrected chi connectivity index (χ2v) is 17.7. The number of hydrogen-bond donors (Lipinski definition) is 0. The summed E-state index contributed by atoms with van der Waals surface area (Å²) in [6.07, 6.45) is 68.5. The predicted octanol–water partition coefficient (Wildman–Crippen LogP) is 18.0. The van der Waals surface area contributed by atoms with E-state index >= 15 is 0 Å². The van der Waals surface area contributed by atoms with Crippen LogP contribution in [0.15, 0.2) is 85.1 Å². The fraction of sp³-hybridized carbons (Fsp3) is 0.712. The quantitative estimate of drug-likeness (QED) is 0.0262. The van der Waals surface area contributed by atoms with Crippen LogP contribution in [0.1, 0.15) is 252 Å². The van der Waals surface area contributed by atoms with Crippen molar-refractivity contribution in [2.75, 3.05) is 13.2 Å². The van der Waals surface area contributed by atoms with Gasteiger partial charge in [0.1, 0.15) is 13.2 Å². The largest absolute Gasteiger partial charge is 0.462 e. The Kier molecular flexibility index (Phi) is 50.4. The van der Waals surface area contributed by atoms with Gasteiger partial charge in [0.05, 0.1) is 0 Å². The van der Waals surface area contributed by atoms with Crippen molar-refractivity contribution in [3.63, 3.8) is 0 Å². The third-order valence-electron chi connectivity index (χ3n) is 11.4. The summed E-state index contributed by atoms with van der Waals surface area (Å²) in [5.41, 5.74) is 0. The van der Waals surface area contributed by atoms with Crippen LogP contribution in [-0.4, -0.2) is 37.2 Å². The van der Waals surface area contributed by atoms with Gasteiger partial charge in [-0.25, -0.2) is 0 Å². The first-order valence-corrected chi connectivity index (χ1v) is 27.1. The molecule has 0 amide bonds. The fourth-order valence-corrected chi connectivity index (χ4v) is 7.28. The second-order valence-electron chi connectivity index (χ2n) is 17.7. The second kappa shape index (κ2) is 53.2. The van der Waals surface area contributed by atoms with E-state index in [9.17, 15) is 14.4 Å². The highest BCUT2D eigenvalue weighted by molar-refractivity contribution is 5.71. The van der Waals surface area contributed by atoms with Crippen molar-refractivity contribution in [1.82, 2.24) is 0 Å². The average Bonchev–Trinajstić information content (AvgIpc) is 3.30. The fourth-order valence-electron chi connectivity index (χ4n) is 7.28. The van der Waals surface area contributed by atoms with Gasteiger partial charge in [-0.3, -0.25) is 14.4 Å². The van der Waals surface area contributed by atoms with Crippen molar-refractivity contribution >= 4 is 17.9 Å². The number of allylic oxidation sites excluding steroid dienone is 14. The summed E-state index contributed by atoms with van der Waals surface area (Å²) >= 11 is 0. The van der Waals surface area contributed by atoms with Crippen LogP contribution in [0.2, 0.25) is 0 Å². The van der Waals surface area contributed by atoms with Crippen molar-refractivity contribution in [2.24, 2.45) is 0 Å². The SMILES string of the molecule is CC/C=C\C/C=C\C/C=C\C/C=C\C/C=C\CCCCCC(=O)O[C@@H](COC(=O)CCCCCCC/C=C\CCCCCC)COC(=O)CCCCCCC/C=C\CCCCCCCC. The minimum Gasteiger partial charge on any atom is -0.462 e. The Balaban J connectivity index is 4.47. The number of hydrogen-bond acceptors (Lipinski definition) is 6. The van der Waals surface area contributed by atoms with Gasteiger partial charge in [-0.15, -0.1) is 0 Å². The third kappa shape index (κ3) is 51.4. The average molecular weight is 905 g/mol. The van der Waals surface area contributed by atoms with Crippen LogP contribution in [0.25, 0.3) is 0 Å². The molecule has 0 unspecified atom stereocenters. The van der Waals surface area contributed by atoms with Crippen molar-refractivity contribution in [3.8, 4) is 0 Å². The molecule has 372 valence electrons. The van der Waals surface area contributed by atoms with Gasteiger partial charge in [-0.05, 0) is 116 Å². The lowest BCUT2D eigenvalue weighted by Gasteiger charge is -2.18. The Morgan fingerprint density at radius 1 is 0.323 bits per heavy atom. The normalized spacial score (nSPS) is 12.7. The zero-order valence-corrected chi connectivity index (χ0v) is 42.5. The molecular formula is C59H100O6. The molecule has 65 heavy (non-hydrogen) atoms. The minimum atomic E-state index is -0.800. The van der Waals surface area contributed by atoms with E-state index in [4.69, 9.17) is 14.2 Å². The molecule has 1 atom stereocenters. The summed E-state index contributed by atoms with van der Waals surface area (Å²) < 4.78 is 16.8. The van der Waals surface area contributed by atoms with Gasteiger partial charge in [-0.2, -0.15) is 0 Å². The van der Waals surface area contributed by atoms with Gasteiger partial charge in [0.15, 0.2) is 6.10 Å². The summed E-state index contributed by atoms with van der Waals surface area (Å²) in [7, 11) is 0. The summed E-state index contributed by atoms with van der Waals surface area (Å²) in [5, 5.41) is 0. The number of rotatable bonds is 48. The molecule has 0 fully saturated rings. The van der Waals surface area contributed by atoms with Gasteiger partial charge < -0.3 is 14.2 Å². The van der Waals surface area contributed by atoms with E-state index in [-0.39, 0.29) is 37.5 Å². The van der Waals surface area contributed by atoms with Crippen LogP contribution >= 0.6 is 0 Å². The molecule has 6 heteroatoms. The number of ether oxygens (including phenoxy) is 3. The van der Waals surface area contributed by atoms with Crippen LogP contribution in [-0.2, 0) is 28.6 Å².